The molecule has 0 aliphatic heterocycles. The molecule has 1 fully saturated rings. The van der Waals surface area contributed by atoms with Crippen LogP contribution in [0.4, 0.5) is 0 Å². The van der Waals surface area contributed by atoms with Gasteiger partial charge in [-0.05, 0) is 12.8 Å². The molecule has 0 aromatic heterocycles. The molecule has 72 valence electrons. The molecule has 4 heteroatoms. The summed E-state index contributed by atoms with van der Waals surface area (Å²) in [5, 5.41) is 4.84. The van der Waals surface area contributed by atoms with E-state index in [9.17, 15) is 8.42 Å². The third-order valence-electron chi connectivity index (χ3n) is 2.52. The largest absolute Gasteiger partial charge is 0.228 e. The van der Waals surface area contributed by atoms with Gasteiger partial charge in [0, 0.05) is 0 Å². The van der Waals surface area contributed by atoms with Crippen molar-refractivity contribution in [3.8, 4) is 0 Å². The van der Waals surface area contributed by atoms with Crippen LogP contribution in [0, 0.1) is 0 Å². The van der Waals surface area contributed by atoms with Crippen LogP contribution in [-0.2, 0) is 10.0 Å². The van der Waals surface area contributed by atoms with Gasteiger partial charge in [0.05, 0.1) is 5.25 Å². The number of hydrogen-bond acceptors (Lipinski definition) is 2. The van der Waals surface area contributed by atoms with E-state index in [1.54, 1.807) is 0 Å². The summed E-state index contributed by atoms with van der Waals surface area (Å²) in [7, 11) is -3.27. The standard InChI is InChI=1S/C8H17NO2S/c9-12(10,11)8-6-4-2-1-3-5-7-8/h8H,1-7H2,(H2,9,10,11). The molecule has 3 nitrogen and oxygen atoms in total. The molecular weight excluding hydrogens is 174 g/mol. The van der Waals surface area contributed by atoms with Crippen molar-refractivity contribution in [1.82, 2.24) is 0 Å². The maximum Gasteiger partial charge on any atom is 0.211 e. The van der Waals surface area contributed by atoms with Crippen LogP contribution in [0.2, 0.25) is 0 Å². The predicted octanol–water partition coefficient (Wildman–Crippen LogP) is 1.39. The maximum atomic E-state index is 11.0. The predicted molar refractivity (Wildman–Crippen MR) is 49.2 cm³/mol. The van der Waals surface area contributed by atoms with Gasteiger partial charge >= 0.3 is 0 Å². The molecule has 0 radical (unpaired) electrons. The SMILES string of the molecule is NS(=O)(=O)C1CCCCCCC1. The van der Waals surface area contributed by atoms with Crippen LogP contribution in [0.15, 0.2) is 0 Å². The number of sulfonamides is 1. The van der Waals surface area contributed by atoms with Crippen molar-refractivity contribution in [2.24, 2.45) is 5.14 Å². The first kappa shape index (κ1) is 9.99. The molecule has 0 amide bonds. The minimum absolute atomic E-state index is 0.266. The minimum atomic E-state index is -3.27. The fraction of sp³-hybridized carbons (Fsp3) is 1.00. The van der Waals surface area contributed by atoms with E-state index in [-0.39, 0.29) is 5.25 Å². The normalized spacial score (nSPS) is 23.1. The lowest BCUT2D eigenvalue weighted by molar-refractivity contribution is 0.488. The number of hydrogen-bond donors (Lipinski definition) is 1. The van der Waals surface area contributed by atoms with Gasteiger partial charge in [-0.15, -0.1) is 0 Å². The quantitative estimate of drug-likeness (QED) is 0.680. The smallest absolute Gasteiger partial charge is 0.211 e. The zero-order valence-corrected chi connectivity index (χ0v) is 8.15. The Morgan fingerprint density at radius 3 is 1.75 bits per heavy atom. The van der Waals surface area contributed by atoms with E-state index in [0.29, 0.717) is 0 Å². The van der Waals surface area contributed by atoms with Crippen molar-refractivity contribution in [2.45, 2.75) is 50.2 Å². The van der Waals surface area contributed by atoms with Crippen molar-refractivity contribution < 1.29 is 8.42 Å². The summed E-state index contributed by atoms with van der Waals surface area (Å²) in [6.07, 6.45) is 7.12. The van der Waals surface area contributed by atoms with Gasteiger partial charge < -0.3 is 0 Å². The molecule has 2 N–H and O–H groups in total. The topological polar surface area (TPSA) is 60.2 Å². The van der Waals surface area contributed by atoms with E-state index in [0.717, 1.165) is 38.5 Å². The second-order valence-corrected chi connectivity index (χ2v) is 5.40. The molecule has 0 spiro atoms. The number of rotatable bonds is 1. The third kappa shape index (κ3) is 3.11. The molecule has 12 heavy (non-hydrogen) atoms. The van der Waals surface area contributed by atoms with Gasteiger partial charge in [-0.25, -0.2) is 13.6 Å². The Hall–Kier alpha value is -0.0900. The molecular formula is C8H17NO2S. The summed E-state index contributed by atoms with van der Waals surface area (Å²) < 4.78 is 22.1. The van der Waals surface area contributed by atoms with Crippen molar-refractivity contribution in [3.63, 3.8) is 0 Å². The van der Waals surface area contributed by atoms with Crippen LogP contribution in [-0.4, -0.2) is 13.7 Å². The molecule has 0 unspecified atom stereocenters. The van der Waals surface area contributed by atoms with E-state index in [1.807, 2.05) is 0 Å². The third-order valence-corrected chi connectivity index (χ3v) is 3.92. The van der Waals surface area contributed by atoms with Gasteiger partial charge in [-0.3, -0.25) is 0 Å². The van der Waals surface area contributed by atoms with Gasteiger partial charge in [-0.2, -0.15) is 0 Å². The summed E-state index contributed by atoms with van der Waals surface area (Å²) in [5.74, 6) is 0. The first-order valence-corrected chi connectivity index (χ1v) is 6.23. The molecule has 0 bridgehead atoms. The number of primary sulfonamides is 1. The lowest BCUT2D eigenvalue weighted by Gasteiger charge is -2.16. The molecule has 0 aromatic rings. The maximum absolute atomic E-state index is 11.0. The molecule has 1 saturated carbocycles. The van der Waals surface area contributed by atoms with Gasteiger partial charge in [-0.1, -0.05) is 32.1 Å². The zero-order valence-electron chi connectivity index (χ0n) is 7.33. The zero-order chi connectivity index (χ0) is 9.03. The highest BCUT2D eigenvalue weighted by Gasteiger charge is 2.21. The fourth-order valence-electron chi connectivity index (χ4n) is 1.75. The molecule has 1 aliphatic rings. The van der Waals surface area contributed by atoms with Crippen LogP contribution >= 0.6 is 0 Å². The highest BCUT2D eigenvalue weighted by atomic mass is 32.2. The van der Waals surface area contributed by atoms with Crippen LogP contribution in [0.3, 0.4) is 0 Å². The molecule has 1 aliphatic carbocycles. The van der Waals surface area contributed by atoms with Crippen LogP contribution in [0.25, 0.3) is 0 Å². The van der Waals surface area contributed by atoms with Crippen LogP contribution in [0.1, 0.15) is 44.9 Å². The average Bonchev–Trinajstić information content (AvgIpc) is 1.81. The summed E-state index contributed by atoms with van der Waals surface area (Å²) in [5.41, 5.74) is 0. The second kappa shape index (κ2) is 4.23. The van der Waals surface area contributed by atoms with E-state index < -0.39 is 10.0 Å². The van der Waals surface area contributed by atoms with Gasteiger partial charge in [0.1, 0.15) is 0 Å². The molecule has 0 atom stereocenters. The van der Waals surface area contributed by atoms with Crippen LogP contribution in [0.5, 0.6) is 0 Å². The Morgan fingerprint density at radius 2 is 1.33 bits per heavy atom. The van der Waals surface area contributed by atoms with E-state index >= 15 is 0 Å². The highest BCUT2D eigenvalue weighted by Crippen LogP contribution is 2.20. The molecule has 0 heterocycles. The van der Waals surface area contributed by atoms with E-state index in [1.165, 1.54) is 6.42 Å². The summed E-state index contributed by atoms with van der Waals surface area (Å²) in [4.78, 5) is 0. The lowest BCUT2D eigenvalue weighted by atomic mass is 10.0. The van der Waals surface area contributed by atoms with Crippen molar-refractivity contribution in [1.29, 1.82) is 0 Å². The highest BCUT2D eigenvalue weighted by molar-refractivity contribution is 7.89. The molecule has 1 rings (SSSR count). The number of nitrogens with two attached hydrogens (primary N) is 1. The Labute approximate surface area is 74.4 Å². The minimum Gasteiger partial charge on any atom is -0.228 e. The lowest BCUT2D eigenvalue weighted by Crippen LogP contribution is -2.29. The van der Waals surface area contributed by atoms with Gasteiger partial charge in [0.15, 0.2) is 0 Å². The van der Waals surface area contributed by atoms with E-state index in [2.05, 4.69) is 0 Å². The fourth-order valence-corrected chi connectivity index (χ4v) is 2.74. The average molecular weight is 191 g/mol. The second-order valence-electron chi connectivity index (χ2n) is 3.56. The van der Waals surface area contributed by atoms with Crippen LogP contribution < -0.4 is 5.14 Å². The Morgan fingerprint density at radius 1 is 0.917 bits per heavy atom. The molecule has 0 saturated heterocycles. The van der Waals surface area contributed by atoms with Gasteiger partial charge in [0.25, 0.3) is 0 Å². The van der Waals surface area contributed by atoms with Crippen molar-refractivity contribution in [3.05, 3.63) is 0 Å². The monoisotopic (exact) mass is 191 g/mol. The molecule has 0 aromatic carbocycles. The van der Waals surface area contributed by atoms with Crippen molar-refractivity contribution >= 4 is 10.0 Å². The van der Waals surface area contributed by atoms with E-state index in [4.69, 9.17) is 5.14 Å². The summed E-state index contributed by atoms with van der Waals surface area (Å²) in [6, 6.07) is 0. The summed E-state index contributed by atoms with van der Waals surface area (Å²) >= 11 is 0. The summed E-state index contributed by atoms with van der Waals surface area (Å²) in [6.45, 7) is 0. The Balaban J connectivity index is 2.51. The first-order chi connectivity index (χ1) is 5.61. The first-order valence-electron chi connectivity index (χ1n) is 4.62. The Bertz CT molecular complexity index is 215. The van der Waals surface area contributed by atoms with Gasteiger partial charge in [0.2, 0.25) is 10.0 Å². The van der Waals surface area contributed by atoms with Crippen molar-refractivity contribution in [2.75, 3.05) is 0 Å². The Kier molecular flexibility index (Phi) is 3.53.